The van der Waals surface area contributed by atoms with E-state index in [1.165, 1.54) is 36.7 Å². The van der Waals surface area contributed by atoms with Gasteiger partial charge in [-0.1, -0.05) is 24.3 Å². The number of alkyl halides is 3. The van der Waals surface area contributed by atoms with Crippen LogP contribution in [0.2, 0.25) is 0 Å². The first-order valence-corrected chi connectivity index (χ1v) is 10.8. The highest BCUT2D eigenvalue weighted by atomic mass is 32.2. The lowest BCUT2D eigenvalue weighted by Gasteiger charge is -2.25. The third-order valence-electron chi connectivity index (χ3n) is 4.44. The molecule has 10 heteroatoms. The highest BCUT2D eigenvalue weighted by molar-refractivity contribution is 7.92. The maximum Gasteiger partial charge on any atom is 0.404 e. The lowest BCUT2D eigenvalue weighted by atomic mass is 10.1. The Balaban J connectivity index is 1.92. The molecule has 6 nitrogen and oxygen atoms in total. The number of nitrogens with zero attached hydrogens (tertiary/aromatic N) is 3. The molecular formula is C21H20F3N3O3S. The number of aromatic nitrogens is 2. The van der Waals surface area contributed by atoms with Crippen LogP contribution < -0.4 is 4.31 Å². The van der Waals surface area contributed by atoms with Gasteiger partial charge in [0.2, 0.25) is 10.0 Å². The highest BCUT2D eigenvalue weighted by Crippen LogP contribution is 2.28. The van der Waals surface area contributed by atoms with Crippen LogP contribution in [0, 0.1) is 6.92 Å². The molecule has 1 atom stereocenters. The molecule has 1 aromatic carbocycles. The van der Waals surface area contributed by atoms with Gasteiger partial charge >= 0.3 is 6.18 Å². The predicted octanol–water partition coefficient (Wildman–Crippen LogP) is 3.77. The minimum Gasteiger partial charge on any atom is -0.382 e. The zero-order chi connectivity index (χ0) is 22.6. The van der Waals surface area contributed by atoms with E-state index in [9.17, 15) is 26.7 Å². The first-order valence-electron chi connectivity index (χ1n) is 9.22. The zero-order valence-electron chi connectivity index (χ0n) is 16.5. The summed E-state index contributed by atoms with van der Waals surface area (Å²) in [5.74, 6) is -1.99. The van der Waals surface area contributed by atoms with Gasteiger partial charge in [-0.15, -0.1) is 0 Å². The fourth-order valence-electron chi connectivity index (χ4n) is 2.93. The smallest absolute Gasteiger partial charge is 0.382 e. The molecule has 0 saturated carbocycles. The zero-order valence-corrected chi connectivity index (χ0v) is 17.3. The molecule has 0 radical (unpaired) electrons. The number of hydrogen-bond acceptors (Lipinski definition) is 5. The van der Waals surface area contributed by atoms with Crippen molar-refractivity contribution in [3.05, 3.63) is 89.5 Å². The summed E-state index contributed by atoms with van der Waals surface area (Å²) in [5, 5.41) is 10.5. The number of sulfonamides is 1. The van der Waals surface area contributed by atoms with E-state index in [2.05, 4.69) is 9.97 Å². The number of hydrogen-bond donors (Lipinski definition) is 1. The summed E-state index contributed by atoms with van der Waals surface area (Å²) in [6.07, 6.45) is -1.48. The Bertz CT molecular complexity index is 1100. The predicted molar refractivity (Wildman–Crippen MR) is 110 cm³/mol. The molecule has 0 bridgehead atoms. The first-order chi connectivity index (χ1) is 14.5. The molecule has 0 spiro atoms. The summed E-state index contributed by atoms with van der Waals surface area (Å²) in [5.41, 5.74) is 2.22. The highest BCUT2D eigenvalue weighted by Gasteiger charge is 2.38. The van der Waals surface area contributed by atoms with E-state index in [0.717, 1.165) is 5.56 Å². The largest absolute Gasteiger partial charge is 0.404 e. The van der Waals surface area contributed by atoms with Crippen LogP contribution in [0.1, 0.15) is 28.5 Å². The van der Waals surface area contributed by atoms with Gasteiger partial charge in [0.15, 0.2) is 5.75 Å². The number of aliphatic hydroxyl groups excluding tert-OH is 1. The molecule has 1 N–H and O–H groups in total. The number of halogens is 3. The average molecular weight is 451 g/mol. The van der Waals surface area contributed by atoms with E-state index in [0.29, 0.717) is 21.1 Å². The summed E-state index contributed by atoms with van der Waals surface area (Å²) in [7, 11) is -4.72. The summed E-state index contributed by atoms with van der Waals surface area (Å²) < 4.78 is 64.5. The molecule has 0 aliphatic heterocycles. The van der Waals surface area contributed by atoms with E-state index in [1.54, 1.807) is 30.5 Å². The van der Waals surface area contributed by atoms with Gasteiger partial charge in [-0.05, 0) is 47.9 Å². The lowest BCUT2D eigenvalue weighted by Crippen LogP contribution is -2.37. The Morgan fingerprint density at radius 2 is 1.77 bits per heavy atom. The summed E-state index contributed by atoms with van der Waals surface area (Å²) in [6, 6.07) is 12.2. The molecule has 2 heterocycles. The number of rotatable bonds is 7. The number of benzene rings is 1. The van der Waals surface area contributed by atoms with Crippen LogP contribution in [0.3, 0.4) is 0 Å². The Morgan fingerprint density at radius 3 is 2.32 bits per heavy atom. The standard InChI is InChI=1S/C21H20F3N3O3S/c1-15-4-9-19(26-11-15)20(28)17-5-7-18(8-6-17)27(13-16-3-2-10-25-12-16)31(29,30)14-21(22,23)24/h2-12,20,28H,13-14H2,1H3. The van der Waals surface area contributed by atoms with Crippen molar-refractivity contribution >= 4 is 15.7 Å². The first kappa shape index (κ1) is 22.7. The van der Waals surface area contributed by atoms with Crippen molar-refractivity contribution in [2.45, 2.75) is 25.7 Å². The average Bonchev–Trinajstić information content (AvgIpc) is 2.71. The molecule has 1 unspecified atom stereocenters. The third-order valence-corrected chi connectivity index (χ3v) is 6.15. The second-order valence-corrected chi connectivity index (χ2v) is 8.89. The maximum absolute atomic E-state index is 12.9. The molecule has 164 valence electrons. The molecule has 0 amide bonds. The fourth-order valence-corrected chi connectivity index (χ4v) is 4.29. The van der Waals surface area contributed by atoms with E-state index in [1.807, 2.05) is 6.92 Å². The minimum atomic E-state index is -4.89. The molecule has 0 aliphatic carbocycles. The van der Waals surface area contributed by atoms with Gasteiger partial charge in [0, 0.05) is 18.6 Å². The van der Waals surface area contributed by atoms with Crippen LogP contribution in [0.25, 0.3) is 0 Å². The van der Waals surface area contributed by atoms with Crippen molar-refractivity contribution in [2.24, 2.45) is 0 Å². The molecule has 3 rings (SSSR count). The van der Waals surface area contributed by atoms with Crippen molar-refractivity contribution in [3.63, 3.8) is 0 Å². The monoisotopic (exact) mass is 451 g/mol. The van der Waals surface area contributed by atoms with Gasteiger partial charge in [-0.3, -0.25) is 14.3 Å². The van der Waals surface area contributed by atoms with Crippen molar-refractivity contribution in [3.8, 4) is 0 Å². The second kappa shape index (κ2) is 9.03. The Kier molecular flexibility index (Phi) is 6.61. The third kappa shape index (κ3) is 6.02. The van der Waals surface area contributed by atoms with E-state index in [-0.39, 0.29) is 12.2 Å². The summed E-state index contributed by atoms with van der Waals surface area (Å²) in [4.78, 5) is 8.04. The van der Waals surface area contributed by atoms with Crippen LogP contribution >= 0.6 is 0 Å². The van der Waals surface area contributed by atoms with Gasteiger partial charge < -0.3 is 5.11 Å². The normalized spacial score (nSPS) is 13.1. The topological polar surface area (TPSA) is 83.4 Å². The van der Waals surface area contributed by atoms with Gasteiger partial charge in [0.05, 0.1) is 17.9 Å². The Hall–Kier alpha value is -2.98. The van der Waals surface area contributed by atoms with E-state index in [4.69, 9.17) is 0 Å². The van der Waals surface area contributed by atoms with Crippen LogP contribution in [-0.2, 0) is 16.6 Å². The maximum atomic E-state index is 12.9. The molecule has 3 aromatic rings. The molecule has 0 saturated heterocycles. The van der Waals surface area contributed by atoms with E-state index < -0.39 is 28.1 Å². The molecular weight excluding hydrogens is 431 g/mol. The van der Waals surface area contributed by atoms with Crippen molar-refractivity contribution in [1.82, 2.24) is 9.97 Å². The van der Waals surface area contributed by atoms with Crippen molar-refractivity contribution in [2.75, 3.05) is 10.1 Å². The summed E-state index contributed by atoms with van der Waals surface area (Å²) in [6.45, 7) is 1.55. The summed E-state index contributed by atoms with van der Waals surface area (Å²) >= 11 is 0. The fraction of sp³-hybridized carbons (Fsp3) is 0.238. The van der Waals surface area contributed by atoms with Crippen molar-refractivity contribution in [1.29, 1.82) is 0 Å². The lowest BCUT2D eigenvalue weighted by molar-refractivity contribution is -0.106. The van der Waals surface area contributed by atoms with Crippen LogP contribution in [0.15, 0.2) is 67.1 Å². The molecule has 31 heavy (non-hydrogen) atoms. The van der Waals surface area contributed by atoms with Gasteiger partial charge in [-0.25, -0.2) is 8.42 Å². The van der Waals surface area contributed by atoms with Crippen LogP contribution in [-0.4, -0.2) is 35.4 Å². The number of anilines is 1. The van der Waals surface area contributed by atoms with Gasteiger partial charge in [0.1, 0.15) is 6.10 Å². The number of aryl methyl sites for hydroxylation is 1. The van der Waals surface area contributed by atoms with E-state index >= 15 is 0 Å². The minimum absolute atomic E-state index is 0.0425. The molecule has 2 aromatic heterocycles. The number of aliphatic hydroxyl groups is 1. The van der Waals surface area contributed by atoms with Gasteiger partial charge in [0.25, 0.3) is 0 Å². The van der Waals surface area contributed by atoms with Crippen molar-refractivity contribution < 1.29 is 26.7 Å². The second-order valence-electron chi connectivity index (χ2n) is 6.99. The Labute approximate surface area is 178 Å². The Morgan fingerprint density at radius 1 is 1.06 bits per heavy atom. The van der Waals surface area contributed by atoms with Gasteiger partial charge in [-0.2, -0.15) is 13.2 Å². The molecule has 0 aliphatic rings. The quantitative estimate of drug-likeness (QED) is 0.591. The SMILES string of the molecule is Cc1ccc(C(O)c2ccc(N(Cc3cccnc3)S(=O)(=O)CC(F)(F)F)cc2)nc1. The van der Waals surface area contributed by atoms with Crippen LogP contribution in [0.4, 0.5) is 18.9 Å². The van der Waals surface area contributed by atoms with Crippen LogP contribution in [0.5, 0.6) is 0 Å². The number of pyridine rings is 2. The molecule has 0 fully saturated rings.